The molecule has 3 aromatic carbocycles. The van der Waals surface area contributed by atoms with E-state index in [1.807, 2.05) is 48.5 Å². The van der Waals surface area contributed by atoms with Crippen LogP contribution in [-0.2, 0) is 16.1 Å². The van der Waals surface area contributed by atoms with E-state index in [2.05, 4.69) is 13.8 Å². The van der Waals surface area contributed by atoms with Crippen molar-refractivity contribution in [1.29, 1.82) is 0 Å². The summed E-state index contributed by atoms with van der Waals surface area (Å²) in [7, 11) is 1.59. The number of carbonyl (C=O) groups is 2. The highest BCUT2D eigenvalue weighted by Crippen LogP contribution is 2.42. The van der Waals surface area contributed by atoms with E-state index < -0.39 is 17.7 Å². The monoisotopic (exact) mass is 499 g/mol. The predicted molar refractivity (Wildman–Crippen MR) is 139 cm³/mol. The fraction of sp³-hybridized carbons (Fsp3) is 0.267. The molecule has 1 fully saturated rings. The van der Waals surface area contributed by atoms with Gasteiger partial charge in [-0.05, 0) is 52.9 Å². The second-order valence-corrected chi connectivity index (χ2v) is 9.45. The molecule has 1 amide bonds. The van der Waals surface area contributed by atoms with E-state index in [9.17, 15) is 14.7 Å². The highest BCUT2D eigenvalue weighted by atomic mass is 16.6. The van der Waals surface area contributed by atoms with E-state index in [0.29, 0.717) is 41.9 Å². The van der Waals surface area contributed by atoms with Gasteiger partial charge in [0, 0.05) is 12.1 Å². The predicted octanol–water partition coefficient (Wildman–Crippen LogP) is 5.21. The first-order chi connectivity index (χ1) is 17.9. The van der Waals surface area contributed by atoms with Crippen LogP contribution >= 0.6 is 0 Å². The minimum Gasteiger partial charge on any atom is -0.507 e. The largest absolute Gasteiger partial charge is 0.507 e. The van der Waals surface area contributed by atoms with Gasteiger partial charge in [-0.2, -0.15) is 0 Å². The van der Waals surface area contributed by atoms with Crippen molar-refractivity contribution in [3.05, 3.63) is 94.6 Å². The van der Waals surface area contributed by atoms with Gasteiger partial charge in [0.15, 0.2) is 11.5 Å². The van der Waals surface area contributed by atoms with Crippen molar-refractivity contribution in [2.45, 2.75) is 32.4 Å². The normalized spacial score (nSPS) is 18.4. The van der Waals surface area contributed by atoms with Gasteiger partial charge in [-0.1, -0.05) is 50.2 Å². The Balaban J connectivity index is 1.60. The average Bonchev–Trinajstić information content (AvgIpc) is 3.17. The van der Waals surface area contributed by atoms with Crippen molar-refractivity contribution in [1.82, 2.24) is 4.90 Å². The third-order valence-corrected chi connectivity index (χ3v) is 6.79. The van der Waals surface area contributed by atoms with E-state index in [-0.39, 0.29) is 17.9 Å². The highest BCUT2D eigenvalue weighted by molar-refractivity contribution is 6.46. The summed E-state index contributed by atoms with van der Waals surface area (Å²) < 4.78 is 16.5. The quantitative estimate of drug-likeness (QED) is 0.285. The molecule has 1 saturated heterocycles. The molecule has 1 atom stereocenters. The topological polar surface area (TPSA) is 85.3 Å². The number of benzene rings is 3. The molecule has 2 heterocycles. The van der Waals surface area contributed by atoms with E-state index >= 15 is 0 Å². The van der Waals surface area contributed by atoms with Gasteiger partial charge in [0.25, 0.3) is 11.7 Å². The average molecular weight is 500 g/mol. The van der Waals surface area contributed by atoms with E-state index in [1.54, 1.807) is 25.3 Å². The van der Waals surface area contributed by atoms with Crippen molar-refractivity contribution in [3.63, 3.8) is 0 Å². The Labute approximate surface area is 215 Å². The fourth-order valence-corrected chi connectivity index (χ4v) is 4.73. The molecule has 37 heavy (non-hydrogen) atoms. The zero-order valence-corrected chi connectivity index (χ0v) is 21.1. The Hall–Kier alpha value is -4.26. The molecule has 1 unspecified atom stereocenters. The van der Waals surface area contributed by atoms with Gasteiger partial charge in [0.2, 0.25) is 0 Å². The third kappa shape index (κ3) is 4.65. The van der Waals surface area contributed by atoms with Crippen molar-refractivity contribution >= 4 is 17.4 Å². The maximum atomic E-state index is 13.4. The maximum absolute atomic E-state index is 13.4. The number of Topliss-reactive ketones (excluding diaryl/α,β-unsaturated/α-hetero) is 1. The maximum Gasteiger partial charge on any atom is 0.295 e. The molecule has 5 rings (SSSR count). The van der Waals surface area contributed by atoms with Gasteiger partial charge in [-0.3, -0.25) is 9.59 Å². The minimum absolute atomic E-state index is 0.0486. The summed E-state index contributed by atoms with van der Waals surface area (Å²) in [4.78, 5) is 28.2. The summed E-state index contributed by atoms with van der Waals surface area (Å²) in [5, 5.41) is 11.4. The Morgan fingerprint density at radius 2 is 1.65 bits per heavy atom. The number of rotatable bonds is 6. The number of fused-ring (bicyclic) bond motifs is 1. The highest BCUT2D eigenvalue weighted by Gasteiger charge is 2.46. The molecule has 0 bridgehead atoms. The van der Waals surface area contributed by atoms with Crippen LogP contribution < -0.4 is 14.2 Å². The van der Waals surface area contributed by atoms with Gasteiger partial charge in [0.05, 0.1) is 18.7 Å². The van der Waals surface area contributed by atoms with Gasteiger partial charge >= 0.3 is 0 Å². The van der Waals surface area contributed by atoms with Crippen LogP contribution in [0.3, 0.4) is 0 Å². The van der Waals surface area contributed by atoms with Crippen LogP contribution in [0.1, 0.15) is 48.1 Å². The number of hydrogen-bond donors (Lipinski definition) is 1. The molecular formula is C30H29NO6. The van der Waals surface area contributed by atoms with Crippen LogP contribution in [-0.4, -0.2) is 42.0 Å². The summed E-state index contributed by atoms with van der Waals surface area (Å²) >= 11 is 0. The summed E-state index contributed by atoms with van der Waals surface area (Å²) in [6.07, 6.45) is 0. The first kappa shape index (κ1) is 24.4. The van der Waals surface area contributed by atoms with E-state index in [4.69, 9.17) is 14.2 Å². The molecule has 190 valence electrons. The lowest BCUT2D eigenvalue weighted by Gasteiger charge is -2.26. The summed E-state index contributed by atoms with van der Waals surface area (Å²) in [6, 6.07) is 19.4. The minimum atomic E-state index is -0.753. The second kappa shape index (κ2) is 10.0. The number of aliphatic hydroxyl groups is 1. The molecule has 0 radical (unpaired) electrons. The lowest BCUT2D eigenvalue weighted by atomic mass is 9.93. The van der Waals surface area contributed by atoms with Gasteiger partial charge in [-0.15, -0.1) is 0 Å². The molecule has 7 nitrogen and oxygen atoms in total. The number of methoxy groups -OCH3 is 1. The first-order valence-electron chi connectivity index (χ1n) is 12.3. The van der Waals surface area contributed by atoms with Crippen molar-refractivity contribution in [2.24, 2.45) is 0 Å². The molecule has 0 saturated carbocycles. The van der Waals surface area contributed by atoms with E-state index in [1.165, 1.54) is 4.90 Å². The van der Waals surface area contributed by atoms with Gasteiger partial charge in [0.1, 0.15) is 24.7 Å². The number of likely N-dealkylation sites (tertiary alicyclic amines) is 1. The lowest BCUT2D eigenvalue weighted by Crippen LogP contribution is -2.29. The van der Waals surface area contributed by atoms with E-state index in [0.717, 1.165) is 16.7 Å². The SMILES string of the molecule is COc1ccc(CN2C(=O)C(=O)/C(=C(\O)c3ccc4c(c3)OCCO4)C2c2ccc(C(C)C)cc2)cc1. The Morgan fingerprint density at radius 1 is 0.973 bits per heavy atom. The van der Waals surface area contributed by atoms with Crippen LogP contribution in [0.25, 0.3) is 5.76 Å². The van der Waals surface area contributed by atoms with Gasteiger partial charge < -0.3 is 24.2 Å². The number of aliphatic hydroxyl groups excluding tert-OH is 1. The Morgan fingerprint density at radius 3 is 2.30 bits per heavy atom. The molecule has 7 heteroatoms. The molecule has 2 aliphatic heterocycles. The van der Waals surface area contributed by atoms with Crippen LogP contribution in [0.4, 0.5) is 0 Å². The number of amides is 1. The van der Waals surface area contributed by atoms with Gasteiger partial charge in [-0.25, -0.2) is 0 Å². The molecule has 0 aliphatic carbocycles. The summed E-state index contributed by atoms with van der Waals surface area (Å²) in [5.41, 5.74) is 3.16. The first-order valence-corrected chi connectivity index (χ1v) is 12.3. The van der Waals surface area contributed by atoms with Crippen molar-refractivity contribution in [3.8, 4) is 17.2 Å². The molecule has 1 N–H and O–H groups in total. The summed E-state index contributed by atoms with van der Waals surface area (Å²) in [5.74, 6) is 0.462. The van der Waals surface area contributed by atoms with Crippen LogP contribution in [0.5, 0.6) is 17.2 Å². The smallest absolute Gasteiger partial charge is 0.295 e. The zero-order valence-electron chi connectivity index (χ0n) is 21.1. The number of carbonyl (C=O) groups excluding carboxylic acids is 2. The molecule has 2 aliphatic rings. The Kier molecular flexibility index (Phi) is 6.61. The number of nitrogens with zero attached hydrogens (tertiary/aromatic N) is 1. The molecule has 0 aromatic heterocycles. The molecule has 3 aromatic rings. The Bertz CT molecular complexity index is 1360. The number of ether oxygens (including phenoxy) is 3. The number of ketones is 1. The van der Waals surface area contributed by atoms with Crippen molar-refractivity contribution < 1.29 is 28.9 Å². The standard InChI is InChI=1S/C30H29NO6/c1-18(2)20-6-8-21(9-7-20)27-26(28(32)22-10-13-24-25(16-22)37-15-14-36-24)29(33)30(34)31(27)17-19-4-11-23(35-3)12-5-19/h4-13,16,18,27,32H,14-15,17H2,1-3H3/b28-26-. The second-order valence-electron chi connectivity index (χ2n) is 9.45. The summed E-state index contributed by atoms with van der Waals surface area (Å²) in [6.45, 7) is 5.25. The van der Waals surface area contributed by atoms with Crippen LogP contribution in [0.15, 0.2) is 72.3 Å². The van der Waals surface area contributed by atoms with Crippen LogP contribution in [0, 0.1) is 0 Å². The van der Waals surface area contributed by atoms with Crippen LogP contribution in [0.2, 0.25) is 0 Å². The number of hydrogen-bond acceptors (Lipinski definition) is 6. The lowest BCUT2D eigenvalue weighted by molar-refractivity contribution is -0.140. The zero-order chi connectivity index (χ0) is 26.1. The van der Waals surface area contributed by atoms with Crippen molar-refractivity contribution in [2.75, 3.05) is 20.3 Å². The molecule has 0 spiro atoms. The third-order valence-electron chi connectivity index (χ3n) is 6.79. The fourth-order valence-electron chi connectivity index (χ4n) is 4.73. The molecular weight excluding hydrogens is 470 g/mol.